The topological polar surface area (TPSA) is 76.4 Å². The van der Waals surface area contributed by atoms with Gasteiger partial charge in [0.25, 0.3) is 0 Å². The van der Waals surface area contributed by atoms with Gasteiger partial charge >= 0.3 is 0 Å². The third-order valence-corrected chi connectivity index (χ3v) is 7.86. The molecule has 2 N–H and O–H groups in total. The van der Waals surface area contributed by atoms with E-state index in [0.717, 1.165) is 32.1 Å². The van der Waals surface area contributed by atoms with Crippen LogP contribution >= 0.6 is 11.8 Å². The second-order valence-corrected chi connectivity index (χ2v) is 9.65. The smallest absolute Gasteiger partial charge is 0.242 e. The number of carbonyl (C=O) groups excluding carboxylic acids is 1. The van der Waals surface area contributed by atoms with Crippen molar-refractivity contribution in [2.24, 2.45) is 23.2 Å². The summed E-state index contributed by atoms with van der Waals surface area (Å²) in [6, 6.07) is 1.45. The quantitative estimate of drug-likeness (QED) is 0.753. The van der Waals surface area contributed by atoms with E-state index in [2.05, 4.69) is 17.8 Å². The van der Waals surface area contributed by atoms with Gasteiger partial charge in [0, 0.05) is 6.04 Å². The molecule has 1 heterocycles. The molecule has 6 heteroatoms. The predicted octanol–water partition coefficient (Wildman–Crippen LogP) is 2.58. The Morgan fingerprint density at radius 3 is 2.44 bits per heavy atom. The van der Waals surface area contributed by atoms with Gasteiger partial charge in [-0.15, -0.1) is 0 Å². The van der Waals surface area contributed by atoms with Crippen LogP contribution in [0.2, 0.25) is 0 Å². The van der Waals surface area contributed by atoms with E-state index in [-0.39, 0.29) is 23.4 Å². The minimum Gasteiger partial charge on any atom is -0.390 e. The van der Waals surface area contributed by atoms with Gasteiger partial charge in [-0.1, -0.05) is 6.92 Å². The van der Waals surface area contributed by atoms with Crippen LogP contribution in [-0.4, -0.2) is 39.6 Å². The number of hydrogen-bond acceptors (Lipinski definition) is 4. The maximum absolute atomic E-state index is 13.5. The molecule has 0 aromatic rings. The van der Waals surface area contributed by atoms with Crippen LogP contribution in [0.25, 0.3) is 0 Å². The van der Waals surface area contributed by atoms with Crippen molar-refractivity contribution in [3.05, 3.63) is 0 Å². The van der Waals surface area contributed by atoms with Crippen LogP contribution in [0.1, 0.15) is 58.8 Å². The molecule has 5 fully saturated rings. The first-order valence-corrected chi connectivity index (χ1v) is 9.99. The number of halogens is 1. The van der Waals surface area contributed by atoms with Crippen molar-refractivity contribution in [1.29, 1.82) is 5.26 Å². The van der Waals surface area contributed by atoms with Gasteiger partial charge in [0.2, 0.25) is 5.91 Å². The number of carbonyl (C=O) groups is 1. The van der Waals surface area contributed by atoms with Crippen molar-refractivity contribution in [1.82, 2.24) is 9.74 Å². The zero-order valence-corrected chi connectivity index (χ0v) is 15.8. The summed E-state index contributed by atoms with van der Waals surface area (Å²) in [5.41, 5.74) is -0.905. The lowest BCUT2D eigenvalue weighted by Crippen LogP contribution is -2.65. The monoisotopic (exact) mass is 365 g/mol. The first kappa shape index (κ1) is 17.6. The molecule has 1 saturated heterocycles. The number of nitriles is 1. The van der Waals surface area contributed by atoms with E-state index in [0.29, 0.717) is 24.2 Å². The van der Waals surface area contributed by atoms with Crippen LogP contribution in [0, 0.1) is 34.5 Å². The number of likely N-dealkylation sites (tertiary alicyclic amines) is 1. The molecule has 5 nitrogen and oxygen atoms in total. The maximum atomic E-state index is 13.5. The average Bonchev–Trinajstić information content (AvgIpc) is 2.80. The molecule has 4 bridgehead atoms. The Labute approximate surface area is 154 Å². The molecule has 25 heavy (non-hydrogen) atoms. The Kier molecular flexibility index (Phi) is 4.10. The number of amides is 1. The number of nitrogens with zero attached hydrogens (tertiary/aromatic N) is 2. The van der Waals surface area contributed by atoms with Crippen LogP contribution in [0.15, 0.2) is 0 Å². The standard InChI is InChI=1S/C19H28ClN3O2/c1-11-3-15(9-21)23(12(11)2)17(24)16(22-20)18-5-13-4-14(6-18)8-19(25,7-13)10-18/h11-16,22,25H,3-8,10H2,1-2H3/t11?,12-,13?,14?,15-,16+,18?,19?/m0/s1. The summed E-state index contributed by atoms with van der Waals surface area (Å²) in [6.45, 7) is 4.12. The highest BCUT2D eigenvalue weighted by Gasteiger charge is 2.62. The van der Waals surface area contributed by atoms with Gasteiger partial charge in [0.05, 0.1) is 11.7 Å². The fourth-order valence-corrected chi connectivity index (χ4v) is 7.21. The molecule has 4 aliphatic carbocycles. The molecule has 1 amide bonds. The first-order valence-electron chi connectivity index (χ1n) is 9.61. The molecule has 0 aromatic carbocycles. The van der Waals surface area contributed by atoms with Crippen molar-refractivity contribution in [3.8, 4) is 6.07 Å². The third-order valence-electron chi connectivity index (χ3n) is 7.64. The summed E-state index contributed by atoms with van der Waals surface area (Å²) in [5.74, 6) is 1.25. The SMILES string of the molecule is CC1C[C@@H](C#N)N(C(=O)[C@@H](NCl)C23CC4CC(CC(O)(C4)C2)C3)[C@H]1C. The van der Waals surface area contributed by atoms with Gasteiger partial charge in [-0.2, -0.15) is 5.26 Å². The minimum atomic E-state index is -0.630. The van der Waals surface area contributed by atoms with Crippen LogP contribution in [-0.2, 0) is 4.79 Å². The molecule has 5 aliphatic rings. The van der Waals surface area contributed by atoms with Gasteiger partial charge < -0.3 is 10.0 Å². The molecule has 1 aliphatic heterocycles. The van der Waals surface area contributed by atoms with Gasteiger partial charge in [-0.3, -0.25) is 4.79 Å². The zero-order valence-electron chi connectivity index (χ0n) is 15.0. The molecule has 3 unspecified atom stereocenters. The van der Waals surface area contributed by atoms with E-state index in [1.54, 1.807) is 4.90 Å². The number of hydrogen-bond donors (Lipinski definition) is 2. The second-order valence-electron chi connectivity index (χ2n) is 9.43. The fraction of sp³-hybridized carbons (Fsp3) is 0.895. The Morgan fingerprint density at radius 2 is 1.92 bits per heavy atom. The minimum absolute atomic E-state index is 0.0432. The largest absolute Gasteiger partial charge is 0.390 e. The van der Waals surface area contributed by atoms with Crippen LogP contribution in [0.3, 0.4) is 0 Å². The summed E-state index contributed by atoms with van der Waals surface area (Å²) in [7, 11) is 0. The lowest BCUT2D eigenvalue weighted by molar-refractivity contribution is -0.179. The highest BCUT2D eigenvalue weighted by molar-refractivity contribution is 6.15. The third kappa shape index (κ3) is 2.60. The highest BCUT2D eigenvalue weighted by Crippen LogP contribution is 2.63. The Balaban J connectivity index is 1.64. The van der Waals surface area contributed by atoms with E-state index in [4.69, 9.17) is 11.8 Å². The van der Waals surface area contributed by atoms with Crippen LogP contribution in [0.4, 0.5) is 0 Å². The summed E-state index contributed by atoms with van der Waals surface area (Å²) in [4.78, 5) is 18.0. The maximum Gasteiger partial charge on any atom is 0.242 e. The number of rotatable bonds is 3. The molecule has 0 aromatic heterocycles. The van der Waals surface area contributed by atoms with Gasteiger partial charge in [-0.05, 0) is 86.8 Å². The van der Waals surface area contributed by atoms with Crippen molar-refractivity contribution in [2.75, 3.05) is 0 Å². The Bertz CT molecular complexity index is 604. The molecular formula is C19H28ClN3O2. The molecule has 6 atom stereocenters. The molecule has 5 rings (SSSR count). The van der Waals surface area contributed by atoms with Crippen molar-refractivity contribution < 1.29 is 9.90 Å². The van der Waals surface area contributed by atoms with E-state index in [9.17, 15) is 15.2 Å². The van der Waals surface area contributed by atoms with Crippen LogP contribution < -0.4 is 4.84 Å². The predicted molar refractivity (Wildman–Crippen MR) is 94.3 cm³/mol. The fourth-order valence-electron chi connectivity index (χ4n) is 6.89. The summed E-state index contributed by atoms with van der Waals surface area (Å²) < 4.78 is 0. The second kappa shape index (κ2) is 5.84. The normalized spacial score (nSPS) is 49.2. The number of aliphatic hydroxyl groups is 1. The van der Waals surface area contributed by atoms with Gasteiger partial charge in [-0.25, -0.2) is 4.84 Å². The molecule has 138 valence electrons. The van der Waals surface area contributed by atoms with Crippen molar-refractivity contribution in [3.63, 3.8) is 0 Å². The zero-order chi connectivity index (χ0) is 18.0. The number of nitrogens with one attached hydrogen (secondary N) is 1. The summed E-state index contributed by atoms with van der Waals surface area (Å²) in [5, 5.41) is 20.5. The van der Waals surface area contributed by atoms with E-state index in [1.165, 1.54) is 6.42 Å². The molecule has 4 saturated carbocycles. The van der Waals surface area contributed by atoms with Gasteiger partial charge in [0.1, 0.15) is 12.1 Å². The molecule has 0 radical (unpaired) electrons. The summed E-state index contributed by atoms with van der Waals surface area (Å²) in [6.07, 6.45) is 6.19. The van der Waals surface area contributed by atoms with Gasteiger partial charge in [0.15, 0.2) is 0 Å². The van der Waals surface area contributed by atoms with E-state index < -0.39 is 11.6 Å². The molecular weight excluding hydrogens is 338 g/mol. The molecule has 0 spiro atoms. The highest BCUT2D eigenvalue weighted by atomic mass is 35.5. The Hall–Kier alpha value is -0.830. The van der Waals surface area contributed by atoms with Crippen molar-refractivity contribution >= 4 is 17.7 Å². The summed E-state index contributed by atoms with van der Waals surface area (Å²) >= 11 is 6.14. The van der Waals surface area contributed by atoms with Crippen molar-refractivity contribution in [2.45, 2.75) is 82.5 Å². The van der Waals surface area contributed by atoms with Crippen LogP contribution in [0.5, 0.6) is 0 Å². The first-order chi connectivity index (χ1) is 11.8. The average molecular weight is 366 g/mol. The lowest BCUT2D eigenvalue weighted by atomic mass is 9.46. The van der Waals surface area contributed by atoms with E-state index >= 15 is 0 Å². The van der Waals surface area contributed by atoms with E-state index in [1.807, 2.05) is 6.92 Å². The lowest BCUT2D eigenvalue weighted by Gasteiger charge is -2.62. The Morgan fingerprint density at radius 1 is 1.28 bits per heavy atom.